The Labute approximate surface area is 168 Å². The predicted octanol–water partition coefficient (Wildman–Crippen LogP) is 2.93. The van der Waals surface area contributed by atoms with E-state index in [0.29, 0.717) is 41.8 Å². The Balaban J connectivity index is 1.87. The number of fused-ring (bicyclic) bond motifs is 1. The Kier molecular flexibility index (Phi) is 5.12. The first-order valence-electron chi connectivity index (χ1n) is 9.65. The molecule has 8 heteroatoms. The molecule has 0 aliphatic carbocycles. The van der Waals surface area contributed by atoms with Crippen molar-refractivity contribution in [1.29, 1.82) is 0 Å². The maximum absolute atomic E-state index is 13.3. The summed E-state index contributed by atoms with van der Waals surface area (Å²) in [4.78, 5) is 15.0. The Morgan fingerprint density at radius 2 is 1.79 bits per heavy atom. The van der Waals surface area contributed by atoms with E-state index in [2.05, 4.69) is 5.10 Å². The molecule has 0 saturated carbocycles. The van der Waals surface area contributed by atoms with Crippen molar-refractivity contribution in [1.82, 2.24) is 9.78 Å². The summed E-state index contributed by atoms with van der Waals surface area (Å²) in [6.45, 7) is 2.67. The number of piperidine rings is 1. The molecule has 2 aromatic carbocycles. The summed E-state index contributed by atoms with van der Waals surface area (Å²) >= 11 is 0. The number of rotatable bonds is 4. The highest BCUT2D eigenvalue weighted by molar-refractivity contribution is 7.92. The Morgan fingerprint density at radius 1 is 1.10 bits per heavy atom. The van der Waals surface area contributed by atoms with Gasteiger partial charge in [-0.05, 0) is 43.2 Å². The summed E-state index contributed by atoms with van der Waals surface area (Å²) in [5.74, 6) is 0.279. The van der Waals surface area contributed by atoms with Crippen LogP contribution in [0.4, 0.5) is 10.2 Å². The summed E-state index contributed by atoms with van der Waals surface area (Å²) in [5.41, 5.74) is 0.156. The number of nitrogens with zero attached hydrogens (tertiary/aromatic N) is 3. The van der Waals surface area contributed by atoms with Gasteiger partial charge in [0.1, 0.15) is 5.82 Å². The van der Waals surface area contributed by atoms with Gasteiger partial charge in [0.15, 0.2) is 15.7 Å². The van der Waals surface area contributed by atoms with E-state index in [9.17, 15) is 17.6 Å². The second-order valence-electron chi connectivity index (χ2n) is 7.22. The van der Waals surface area contributed by atoms with Crippen LogP contribution in [0.3, 0.4) is 0 Å². The van der Waals surface area contributed by atoms with Crippen LogP contribution in [0.1, 0.15) is 19.8 Å². The molecule has 0 radical (unpaired) electrons. The molecule has 0 amide bonds. The summed E-state index contributed by atoms with van der Waals surface area (Å²) in [7, 11) is -3.17. The summed E-state index contributed by atoms with van der Waals surface area (Å²) in [6, 6.07) is 12.7. The zero-order chi connectivity index (χ0) is 20.6. The Hall–Kier alpha value is -2.74. The molecule has 3 aromatic rings. The monoisotopic (exact) mass is 415 g/mol. The lowest BCUT2D eigenvalue weighted by Crippen LogP contribution is -2.44. The van der Waals surface area contributed by atoms with Crippen LogP contribution in [0.25, 0.3) is 16.5 Å². The van der Waals surface area contributed by atoms with Gasteiger partial charge in [-0.2, -0.15) is 4.68 Å². The van der Waals surface area contributed by atoms with E-state index < -0.39 is 20.9 Å². The van der Waals surface area contributed by atoms with Gasteiger partial charge in [0, 0.05) is 24.2 Å². The highest BCUT2D eigenvalue weighted by Gasteiger charge is 2.31. The smallest absolute Gasteiger partial charge is 0.279 e. The molecule has 2 heterocycles. The van der Waals surface area contributed by atoms with Gasteiger partial charge in [0.2, 0.25) is 0 Å². The standard InChI is InChI=1S/C21H22FN3O3S/c1-2-29(27,28)17-6-5-13-24(14-17)20-18-7-3-4-8-19(18)21(26)25(23-20)16-11-9-15(22)10-12-16/h3-4,7-12,17H,2,5-6,13-14H2,1H3. The topological polar surface area (TPSA) is 72.3 Å². The van der Waals surface area contributed by atoms with E-state index >= 15 is 0 Å². The van der Waals surface area contributed by atoms with Crippen molar-refractivity contribution in [2.24, 2.45) is 0 Å². The van der Waals surface area contributed by atoms with Gasteiger partial charge in [-0.25, -0.2) is 12.8 Å². The molecule has 29 heavy (non-hydrogen) atoms. The average Bonchev–Trinajstić information content (AvgIpc) is 2.75. The van der Waals surface area contributed by atoms with Crippen LogP contribution in [0.5, 0.6) is 0 Å². The first-order valence-corrected chi connectivity index (χ1v) is 11.4. The van der Waals surface area contributed by atoms with Gasteiger partial charge in [-0.1, -0.05) is 25.1 Å². The second kappa shape index (κ2) is 7.59. The van der Waals surface area contributed by atoms with Crippen molar-refractivity contribution in [2.75, 3.05) is 23.7 Å². The van der Waals surface area contributed by atoms with E-state index in [4.69, 9.17) is 0 Å². The molecule has 1 saturated heterocycles. The summed E-state index contributed by atoms with van der Waals surface area (Å²) in [5, 5.41) is 5.30. The number of hydrogen-bond donors (Lipinski definition) is 0. The molecule has 1 aromatic heterocycles. The van der Waals surface area contributed by atoms with Crippen LogP contribution in [-0.4, -0.2) is 42.3 Å². The minimum atomic E-state index is -3.17. The first-order chi connectivity index (χ1) is 13.9. The molecule has 1 atom stereocenters. The highest BCUT2D eigenvalue weighted by atomic mass is 32.2. The van der Waals surface area contributed by atoms with Gasteiger partial charge in [0.25, 0.3) is 5.56 Å². The van der Waals surface area contributed by atoms with Crippen LogP contribution in [-0.2, 0) is 9.84 Å². The molecule has 6 nitrogen and oxygen atoms in total. The van der Waals surface area contributed by atoms with E-state index in [1.54, 1.807) is 19.1 Å². The van der Waals surface area contributed by atoms with E-state index in [1.807, 2.05) is 17.0 Å². The van der Waals surface area contributed by atoms with Crippen LogP contribution >= 0.6 is 0 Å². The maximum Gasteiger partial charge on any atom is 0.279 e. The van der Waals surface area contributed by atoms with Gasteiger partial charge in [-0.15, -0.1) is 5.10 Å². The van der Waals surface area contributed by atoms with Crippen molar-refractivity contribution in [3.63, 3.8) is 0 Å². The lowest BCUT2D eigenvalue weighted by molar-refractivity contribution is 0.529. The SMILES string of the molecule is CCS(=O)(=O)C1CCCN(c2nn(-c3ccc(F)cc3)c(=O)c3ccccc23)C1. The minimum Gasteiger partial charge on any atom is -0.353 e. The summed E-state index contributed by atoms with van der Waals surface area (Å²) < 4.78 is 39.5. The quantitative estimate of drug-likeness (QED) is 0.655. The average molecular weight is 415 g/mol. The predicted molar refractivity (Wildman–Crippen MR) is 112 cm³/mol. The third kappa shape index (κ3) is 3.64. The van der Waals surface area contributed by atoms with Crippen LogP contribution in [0.2, 0.25) is 0 Å². The number of sulfone groups is 1. The van der Waals surface area contributed by atoms with Gasteiger partial charge in [0.05, 0.1) is 16.3 Å². The Morgan fingerprint density at radius 3 is 2.48 bits per heavy atom. The van der Waals surface area contributed by atoms with Crippen molar-refractivity contribution >= 4 is 26.4 Å². The maximum atomic E-state index is 13.3. The molecule has 0 spiro atoms. The van der Waals surface area contributed by atoms with Crippen molar-refractivity contribution in [2.45, 2.75) is 25.0 Å². The fourth-order valence-electron chi connectivity index (χ4n) is 3.82. The Bertz CT molecular complexity index is 1210. The number of benzene rings is 2. The number of halogens is 1. The number of anilines is 1. The number of hydrogen-bond acceptors (Lipinski definition) is 5. The van der Waals surface area contributed by atoms with E-state index in [1.165, 1.54) is 28.9 Å². The van der Waals surface area contributed by atoms with Crippen LogP contribution < -0.4 is 10.5 Å². The number of aromatic nitrogens is 2. The molecular formula is C21H22FN3O3S. The highest BCUT2D eigenvalue weighted by Crippen LogP contribution is 2.28. The molecular weight excluding hydrogens is 393 g/mol. The van der Waals surface area contributed by atoms with Crippen molar-refractivity contribution in [3.05, 3.63) is 64.7 Å². The van der Waals surface area contributed by atoms with Crippen LogP contribution in [0.15, 0.2) is 53.3 Å². The van der Waals surface area contributed by atoms with Gasteiger partial charge in [-0.3, -0.25) is 4.79 Å². The molecule has 1 aliphatic rings. The molecule has 0 bridgehead atoms. The zero-order valence-electron chi connectivity index (χ0n) is 16.1. The third-order valence-corrected chi connectivity index (χ3v) is 7.65. The largest absolute Gasteiger partial charge is 0.353 e. The third-order valence-electron chi connectivity index (χ3n) is 5.44. The van der Waals surface area contributed by atoms with Gasteiger partial charge >= 0.3 is 0 Å². The molecule has 0 N–H and O–H groups in total. The molecule has 4 rings (SSSR count). The normalized spacial score (nSPS) is 17.6. The second-order valence-corrected chi connectivity index (χ2v) is 9.79. The first kappa shape index (κ1) is 19.6. The van der Waals surface area contributed by atoms with Crippen molar-refractivity contribution < 1.29 is 12.8 Å². The van der Waals surface area contributed by atoms with Crippen molar-refractivity contribution in [3.8, 4) is 5.69 Å². The van der Waals surface area contributed by atoms with E-state index in [-0.39, 0.29) is 11.3 Å². The minimum absolute atomic E-state index is 0.106. The molecule has 1 unspecified atom stereocenters. The fraction of sp³-hybridized carbons (Fsp3) is 0.333. The van der Waals surface area contributed by atoms with Gasteiger partial charge < -0.3 is 4.90 Å². The zero-order valence-corrected chi connectivity index (χ0v) is 16.9. The molecule has 1 aliphatic heterocycles. The molecule has 1 fully saturated rings. The lowest BCUT2D eigenvalue weighted by atomic mass is 10.1. The van der Waals surface area contributed by atoms with E-state index in [0.717, 1.165) is 6.42 Å². The molecule has 152 valence electrons. The van der Waals surface area contributed by atoms with Crippen LogP contribution in [0, 0.1) is 5.82 Å². The lowest BCUT2D eigenvalue weighted by Gasteiger charge is -2.33. The summed E-state index contributed by atoms with van der Waals surface area (Å²) in [6.07, 6.45) is 1.36. The fourth-order valence-corrected chi connectivity index (χ4v) is 5.23.